The number of rotatable bonds is 3. The lowest BCUT2D eigenvalue weighted by atomic mass is 9.74. The molecule has 0 bridgehead atoms. The molecule has 1 aliphatic carbocycles. The lowest BCUT2D eigenvalue weighted by Gasteiger charge is -2.33. The van der Waals surface area contributed by atoms with Gasteiger partial charge in [0.2, 0.25) is 0 Å². The standard InChI is InChI=1S/C10H19NO2/c1-2-7-5-3-4-6-8(7)9(11)10(12)13/h7-9H,2-6,11H2,1H3,(H,12,13). The van der Waals surface area contributed by atoms with Crippen molar-refractivity contribution in [1.29, 1.82) is 0 Å². The summed E-state index contributed by atoms with van der Waals surface area (Å²) in [5.41, 5.74) is 5.66. The van der Waals surface area contributed by atoms with Crippen LogP contribution in [0.1, 0.15) is 39.0 Å². The molecule has 1 rings (SSSR count). The van der Waals surface area contributed by atoms with E-state index in [4.69, 9.17) is 10.8 Å². The van der Waals surface area contributed by atoms with Gasteiger partial charge in [0, 0.05) is 0 Å². The minimum Gasteiger partial charge on any atom is -0.480 e. The molecule has 0 saturated heterocycles. The molecule has 3 N–H and O–H groups in total. The molecule has 0 radical (unpaired) electrons. The summed E-state index contributed by atoms with van der Waals surface area (Å²) in [4.78, 5) is 10.7. The lowest BCUT2D eigenvalue weighted by molar-refractivity contribution is -0.140. The first kappa shape index (κ1) is 10.5. The van der Waals surface area contributed by atoms with E-state index in [0.717, 1.165) is 25.7 Å². The highest BCUT2D eigenvalue weighted by atomic mass is 16.4. The highest BCUT2D eigenvalue weighted by molar-refractivity contribution is 5.73. The number of hydrogen-bond acceptors (Lipinski definition) is 2. The zero-order valence-electron chi connectivity index (χ0n) is 8.20. The Kier molecular flexibility index (Phi) is 3.72. The van der Waals surface area contributed by atoms with Gasteiger partial charge in [0.05, 0.1) is 0 Å². The van der Waals surface area contributed by atoms with Gasteiger partial charge in [0.15, 0.2) is 0 Å². The molecule has 0 heterocycles. The van der Waals surface area contributed by atoms with Crippen molar-refractivity contribution in [2.24, 2.45) is 17.6 Å². The topological polar surface area (TPSA) is 63.3 Å². The minimum atomic E-state index is -0.842. The molecule has 0 aliphatic heterocycles. The molecular formula is C10H19NO2. The Balaban J connectivity index is 2.58. The van der Waals surface area contributed by atoms with E-state index >= 15 is 0 Å². The average molecular weight is 185 g/mol. The van der Waals surface area contributed by atoms with E-state index in [-0.39, 0.29) is 5.92 Å². The van der Waals surface area contributed by atoms with E-state index in [9.17, 15) is 4.79 Å². The van der Waals surface area contributed by atoms with Crippen LogP contribution in [0.4, 0.5) is 0 Å². The summed E-state index contributed by atoms with van der Waals surface area (Å²) in [7, 11) is 0. The lowest BCUT2D eigenvalue weighted by Crippen LogP contribution is -2.42. The fraction of sp³-hybridized carbons (Fsp3) is 0.900. The molecule has 0 aromatic rings. The summed E-state index contributed by atoms with van der Waals surface area (Å²) in [5.74, 6) is -0.110. The molecule has 1 fully saturated rings. The van der Waals surface area contributed by atoms with Crippen LogP contribution in [0, 0.1) is 11.8 Å². The molecule has 1 aliphatic rings. The normalized spacial score (nSPS) is 31.2. The zero-order chi connectivity index (χ0) is 9.84. The molecule has 13 heavy (non-hydrogen) atoms. The second-order valence-corrected chi connectivity index (χ2v) is 3.98. The summed E-state index contributed by atoms with van der Waals surface area (Å²) < 4.78 is 0. The number of carboxylic acid groups (broad SMARTS) is 1. The molecule has 0 spiro atoms. The first-order valence-electron chi connectivity index (χ1n) is 5.15. The molecule has 76 valence electrons. The van der Waals surface area contributed by atoms with Crippen molar-refractivity contribution in [2.45, 2.75) is 45.1 Å². The van der Waals surface area contributed by atoms with Gasteiger partial charge in [-0.3, -0.25) is 4.79 Å². The van der Waals surface area contributed by atoms with E-state index < -0.39 is 12.0 Å². The van der Waals surface area contributed by atoms with Crippen LogP contribution in [0.15, 0.2) is 0 Å². The summed E-state index contributed by atoms with van der Waals surface area (Å²) in [6, 6.07) is -0.648. The molecule has 0 aromatic carbocycles. The minimum absolute atomic E-state index is 0.205. The van der Waals surface area contributed by atoms with E-state index in [0.29, 0.717) is 5.92 Å². The number of hydrogen-bond donors (Lipinski definition) is 2. The molecule has 0 amide bonds. The quantitative estimate of drug-likeness (QED) is 0.702. The van der Waals surface area contributed by atoms with Crippen LogP contribution in [0.2, 0.25) is 0 Å². The van der Waals surface area contributed by atoms with E-state index in [1.54, 1.807) is 0 Å². The second-order valence-electron chi connectivity index (χ2n) is 3.98. The molecule has 1 saturated carbocycles. The van der Waals surface area contributed by atoms with Gasteiger partial charge in [0.25, 0.3) is 0 Å². The van der Waals surface area contributed by atoms with Crippen LogP contribution in [0.5, 0.6) is 0 Å². The fourth-order valence-corrected chi connectivity index (χ4v) is 2.40. The Hall–Kier alpha value is -0.570. The number of aliphatic carboxylic acids is 1. The Morgan fingerprint density at radius 3 is 2.69 bits per heavy atom. The predicted molar refractivity (Wildman–Crippen MR) is 51.4 cm³/mol. The maximum Gasteiger partial charge on any atom is 0.320 e. The molecule has 0 aromatic heterocycles. The third-order valence-electron chi connectivity index (χ3n) is 3.24. The first-order valence-corrected chi connectivity index (χ1v) is 5.15. The third-order valence-corrected chi connectivity index (χ3v) is 3.24. The van der Waals surface area contributed by atoms with E-state index in [1.807, 2.05) is 0 Å². The van der Waals surface area contributed by atoms with Crippen molar-refractivity contribution in [3.05, 3.63) is 0 Å². The predicted octanol–water partition coefficient (Wildman–Crippen LogP) is 1.61. The highest BCUT2D eigenvalue weighted by Crippen LogP contribution is 2.33. The Morgan fingerprint density at radius 2 is 2.15 bits per heavy atom. The van der Waals surface area contributed by atoms with E-state index in [2.05, 4.69) is 6.92 Å². The Bertz CT molecular complexity index is 182. The van der Waals surface area contributed by atoms with Crippen LogP contribution in [0.25, 0.3) is 0 Å². The van der Waals surface area contributed by atoms with Gasteiger partial charge >= 0.3 is 5.97 Å². The Morgan fingerprint density at radius 1 is 1.54 bits per heavy atom. The molecule has 3 atom stereocenters. The SMILES string of the molecule is CCC1CCCCC1C(N)C(=O)O. The van der Waals surface area contributed by atoms with Gasteiger partial charge in [-0.1, -0.05) is 32.6 Å². The van der Waals surface area contributed by atoms with Gasteiger partial charge in [-0.2, -0.15) is 0 Å². The van der Waals surface area contributed by atoms with Crippen molar-refractivity contribution >= 4 is 5.97 Å². The zero-order valence-corrected chi connectivity index (χ0v) is 8.20. The molecule has 3 unspecified atom stereocenters. The van der Waals surface area contributed by atoms with Gasteiger partial charge in [-0.25, -0.2) is 0 Å². The summed E-state index contributed by atoms with van der Waals surface area (Å²) >= 11 is 0. The maximum absolute atomic E-state index is 10.7. The first-order chi connectivity index (χ1) is 6.16. The second kappa shape index (κ2) is 4.61. The van der Waals surface area contributed by atoms with Crippen LogP contribution >= 0.6 is 0 Å². The smallest absolute Gasteiger partial charge is 0.320 e. The van der Waals surface area contributed by atoms with Gasteiger partial charge < -0.3 is 10.8 Å². The van der Waals surface area contributed by atoms with Gasteiger partial charge in [0.1, 0.15) is 6.04 Å². The number of carboxylic acids is 1. The van der Waals surface area contributed by atoms with Crippen molar-refractivity contribution < 1.29 is 9.90 Å². The maximum atomic E-state index is 10.7. The number of nitrogens with two attached hydrogens (primary N) is 1. The molecule has 3 nitrogen and oxygen atoms in total. The van der Waals surface area contributed by atoms with Crippen LogP contribution in [-0.2, 0) is 4.79 Å². The highest BCUT2D eigenvalue weighted by Gasteiger charge is 2.32. The molecular weight excluding hydrogens is 166 g/mol. The Labute approximate surface area is 79.3 Å². The van der Waals surface area contributed by atoms with Crippen LogP contribution < -0.4 is 5.73 Å². The summed E-state index contributed by atoms with van der Waals surface area (Å²) in [6.07, 6.45) is 5.59. The summed E-state index contributed by atoms with van der Waals surface area (Å²) in [6.45, 7) is 2.12. The summed E-state index contributed by atoms with van der Waals surface area (Å²) in [5, 5.41) is 8.82. The van der Waals surface area contributed by atoms with Crippen molar-refractivity contribution in [3.8, 4) is 0 Å². The average Bonchev–Trinajstić information content (AvgIpc) is 2.16. The molecule has 3 heteroatoms. The van der Waals surface area contributed by atoms with Crippen LogP contribution in [0.3, 0.4) is 0 Å². The van der Waals surface area contributed by atoms with Crippen molar-refractivity contribution in [1.82, 2.24) is 0 Å². The van der Waals surface area contributed by atoms with Crippen molar-refractivity contribution in [2.75, 3.05) is 0 Å². The third kappa shape index (κ3) is 2.44. The largest absolute Gasteiger partial charge is 0.480 e. The van der Waals surface area contributed by atoms with Gasteiger partial charge in [-0.15, -0.1) is 0 Å². The van der Waals surface area contributed by atoms with Crippen molar-refractivity contribution in [3.63, 3.8) is 0 Å². The van der Waals surface area contributed by atoms with Gasteiger partial charge in [-0.05, 0) is 18.3 Å². The fourth-order valence-electron chi connectivity index (χ4n) is 2.40. The number of carbonyl (C=O) groups is 1. The monoisotopic (exact) mass is 185 g/mol. The van der Waals surface area contributed by atoms with E-state index in [1.165, 1.54) is 6.42 Å². The van der Waals surface area contributed by atoms with Crippen LogP contribution in [-0.4, -0.2) is 17.1 Å².